The maximum atomic E-state index is 3.44. The highest BCUT2D eigenvalue weighted by Gasteiger charge is 2.13. The van der Waals surface area contributed by atoms with Crippen molar-refractivity contribution < 1.29 is 0 Å². The summed E-state index contributed by atoms with van der Waals surface area (Å²) >= 11 is 0. The van der Waals surface area contributed by atoms with E-state index in [4.69, 9.17) is 0 Å². The van der Waals surface area contributed by atoms with Crippen LogP contribution >= 0.6 is 0 Å². The van der Waals surface area contributed by atoms with Crippen molar-refractivity contribution in [3.8, 4) is 0 Å². The zero-order valence-corrected chi connectivity index (χ0v) is 6.82. The van der Waals surface area contributed by atoms with E-state index in [-0.39, 0.29) is 0 Å². The molecule has 0 saturated carbocycles. The first-order chi connectivity index (χ1) is 4.93. The highest BCUT2D eigenvalue weighted by atomic mass is 15.2. The molecule has 1 saturated heterocycles. The smallest absolute Gasteiger partial charge is 0.0583 e. The van der Waals surface area contributed by atoms with E-state index in [1.165, 1.54) is 38.8 Å². The standard InChI is InChI=1S/C8H18N2/c1-2-3-4-6-9-8-5-7-10-8/h8-10H,2-7H2,1H3. The van der Waals surface area contributed by atoms with Gasteiger partial charge in [0.2, 0.25) is 0 Å². The third-order valence-corrected chi connectivity index (χ3v) is 1.99. The first-order valence-electron chi connectivity index (χ1n) is 4.40. The van der Waals surface area contributed by atoms with E-state index in [9.17, 15) is 0 Å². The molecule has 1 unspecified atom stereocenters. The van der Waals surface area contributed by atoms with Gasteiger partial charge in [0.1, 0.15) is 0 Å². The molecule has 0 spiro atoms. The molecule has 1 rings (SSSR count). The summed E-state index contributed by atoms with van der Waals surface area (Å²) in [5.41, 5.74) is 0. The Hall–Kier alpha value is -0.0800. The Kier molecular flexibility index (Phi) is 3.76. The molecular weight excluding hydrogens is 124 g/mol. The molecule has 0 radical (unpaired) electrons. The molecule has 10 heavy (non-hydrogen) atoms. The lowest BCUT2D eigenvalue weighted by Crippen LogP contribution is -2.52. The van der Waals surface area contributed by atoms with Gasteiger partial charge in [-0.1, -0.05) is 19.8 Å². The number of hydrogen-bond donors (Lipinski definition) is 2. The number of rotatable bonds is 5. The van der Waals surface area contributed by atoms with Crippen molar-refractivity contribution in [1.82, 2.24) is 10.6 Å². The average Bonchev–Trinajstić information content (AvgIpc) is 1.84. The largest absolute Gasteiger partial charge is 0.302 e. The Bertz CT molecular complexity index is 79.3. The van der Waals surface area contributed by atoms with E-state index in [1.54, 1.807) is 0 Å². The van der Waals surface area contributed by atoms with Crippen LogP contribution in [0.5, 0.6) is 0 Å². The lowest BCUT2D eigenvalue weighted by molar-refractivity contribution is 0.307. The molecule has 2 heteroatoms. The summed E-state index contributed by atoms with van der Waals surface area (Å²) in [4.78, 5) is 0. The fraction of sp³-hybridized carbons (Fsp3) is 1.00. The molecule has 1 aliphatic heterocycles. The first-order valence-corrected chi connectivity index (χ1v) is 4.40. The Balaban J connectivity index is 1.76. The van der Waals surface area contributed by atoms with Gasteiger partial charge in [-0.2, -0.15) is 0 Å². The van der Waals surface area contributed by atoms with Crippen LogP contribution < -0.4 is 10.6 Å². The van der Waals surface area contributed by atoms with Gasteiger partial charge in [-0.15, -0.1) is 0 Å². The molecule has 0 aromatic heterocycles. The van der Waals surface area contributed by atoms with Crippen LogP contribution in [0, 0.1) is 0 Å². The van der Waals surface area contributed by atoms with Crippen LogP contribution in [0.1, 0.15) is 32.6 Å². The minimum atomic E-state index is 0.636. The second kappa shape index (κ2) is 4.69. The van der Waals surface area contributed by atoms with Gasteiger partial charge in [0.05, 0.1) is 6.17 Å². The van der Waals surface area contributed by atoms with Crippen LogP contribution in [0.2, 0.25) is 0 Å². The molecule has 0 amide bonds. The second-order valence-electron chi connectivity index (χ2n) is 2.96. The van der Waals surface area contributed by atoms with E-state index in [0.29, 0.717) is 6.17 Å². The van der Waals surface area contributed by atoms with Gasteiger partial charge in [-0.25, -0.2) is 0 Å². The lowest BCUT2D eigenvalue weighted by atomic mass is 10.2. The lowest BCUT2D eigenvalue weighted by Gasteiger charge is -2.28. The van der Waals surface area contributed by atoms with E-state index < -0.39 is 0 Å². The Morgan fingerprint density at radius 2 is 2.30 bits per heavy atom. The van der Waals surface area contributed by atoms with E-state index >= 15 is 0 Å². The molecular formula is C8H18N2. The topological polar surface area (TPSA) is 24.1 Å². The summed E-state index contributed by atoms with van der Waals surface area (Å²) in [7, 11) is 0. The molecule has 60 valence electrons. The number of unbranched alkanes of at least 4 members (excludes halogenated alkanes) is 2. The van der Waals surface area contributed by atoms with E-state index in [1.807, 2.05) is 0 Å². The van der Waals surface area contributed by atoms with Crippen LogP contribution in [-0.2, 0) is 0 Å². The van der Waals surface area contributed by atoms with Crippen LogP contribution in [0.25, 0.3) is 0 Å². The minimum absolute atomic E-state index is 0.636. The van der Waals surface area contributed by atoms with E-state index in [0.717, 1.165) is 0 Å². The van der Waals surface area contributed by atoms with Gasteiger partial charge >= 0.3 is 0 Å². The average molecular weight is 142 g/mol. The van der Waals surface area contributed by atoms with Gasteiger partial charge in [-0.05, 0) is 25.9 Å². The van der Waals surface area contributed by atoms with Crippen molar-refractivity contribution in [3.05, 3.63) is 0 Å². The molecule has 0 aromatic rings. The van der Waals surface area contributed by atoms with Gasteiger partial charge < -0.3 is 10.6 Å². The van der Waals surface area contributed by atoms with Crippen LogP contribution in [-0.4, -0.2) is 19.3 Å². The zero-order chi connectivity index (χ0) is 7.23. The van der Waals surface area contributed by atoms with Crippen LogP contribution in [0.4, 0.5) is 0 Å². The second-order valence-corrected chi connectivity index (χ2v) is 2.96. The van der Waals surface area contributed by atoms with Crippen molar-refractivity contribution in [2.75, 3.05) is 13.1 Å². The maximum Gasteiger partial charge on any atom is 0.0583 e. The predicted octanol–water partition coefficient (Wildman–Crippen LogP) is 1.09. The van der Waals surface area contributed by atoms with Gasteiger partial charge in [0.15, 0.2) is 0 Å². The maximum absolute atomic E-state index is 3.44. The summed E-state index contributed by atoms with van der Waals surface area (Å²) in [5, 5.41) is 6.75. The van der Waals surface area contributed by atoms with Crippen molar-refractivity contribution >= 4 is 0 Å². The fourth-order valence-electron chi connectivity index (χ4n) is 1.11. The SMILES string of the molecule is CCCCCNC1CCN1. The number of nitrogens with one attached hydrogen (secondary N) is 2. The third kappa shape index (κ3) is 2.67. The molecule has 1 aliphatic rings. The van der Waals surface area contributed by atoms with Crippen molar-refractivity contribution in [1.29, 1.82) is 0 Å². The molecule has 1 fully saturated rings. The molecule has 2 nitrogen and oxygen atoms in total. The first kappa shape index (κ1) is 8.02. The Labute approximate surface area is 63.4 Å². The number of hydrogen-bond acceptors (Lipinski definition) is 2. The summed E-state index contributed by atoms with van der Waals surface area (Å²) in [6.45, 7) is 4.62. The Morgan fingerprint density at radius 1 is 1.50 bits per heavy atom. The van der Waals surface area contributed by atoms with Gasteiger partial charge in [0, 0.05) is 0 Å². The summed E-state index contributed by atoms with van der Waals surface area (Å²) in [5.74, 6) is 0. The third-order valence-electron chi connectivity index (χ3n) is 1.99. The molecule has 0 bridgehead atoms. The highest BCUT2D eigenvalue weighted by Crippen LogP contribution is 1.98. The molecule has 2 N–H and O–H groups in total. The summed E-state index contributed by atoms with van der Waals surface area (Å²) in [6, 6.07) is 0. The highest BCUT2D eigenvalue weighted by molar-refractivity contribution is 4.74. The minimum Gasteiger partial charge on any atom is -0.302 e. The van der Waals surface area contributed by atoms with Crippen LogP contribution in [0.15, 0.2) is 0 Å². The van der Waals surface area contributed by atoms with Crippen molar-refractivity contribution in [2.45, 2.75) is 38.8 Å². The van der Waals surface area contributed by atoms with Crippen molar-refractivity contribution in [2.24, 2.45) is 0 Å². The zero-order valence-electron chi connectivity index (χ0n) is 6.82. The van der Waals surface area contributed by atoms with Crippen molar-refractivity contribution in [3.63, 3.8) is 0 Å². The normalized spacial score (nSPS) is 24.3. The predicted molar refractivity (Wildman–Crippen MR) is 43.9 cm³/mol. The Morgan fingerprint density at radius 3 is 2.80 bits per heavy atom. The van der Waals surface area contributed by atoms with Gasteiger partial charge in [-0.3, -0.25) is 0 Å². The van der Waals surface area contributed by atoms with Crippen LogP contribution in [0.3, 0.4) is 0 Å². The molecule has 1 atom stereocenters. The summed E-state index contributed by atoms with van der Waals surface area (Å²) in [6.07, 6.45) is 5.96. The molecule has 0 aromatic carbocycles. The molecule has 0 aliphatic carbocycles. The van der Waals surface area contributed by atoms with E-state index in [2.05, 4.69) is 17.6 Å². The quantitative estimate of drug-likeness (QED) is 0.561. The summed E-state index contributed by atoms with van der Waals surface area (Å²) < 4.78 is 0. The van der Waals surface area contributed by atoms with Gasteiger partial charge in [0.25, 0.3) is 0 Å². The monoisotopic (exact) mass is 142 g/mol. The fourth-order valence-corrected chi connectivity index (χ4v) is 1.11. The molecule has 1 heterocycles.